The van der Waals surface area contributed by atoms with Crippen LogP contribution < -0.4 is 14.2 Å². The van der Waals surface area contributed by atoms with Gasteiger partial charge in [0.25, 0.3) is 0 Å². The fourth-order valence-electron chi connectivity index (χ4n) is 5.80. The van der Waals surface area contributed by atoms with Gasteiger partial charge in [0, 0.05) is 25.4 Å². The molecule has 0 aliphatic carbocycles. The van der Waals surface area contributed by atoms with E-state index in [0.717, 1.165) is 6.42 Å². The van der Waals surface area contributed by atoms with Gasteiger partial charge in [-0.25, -0.2) is 0 Å². The first-order valence-corrected chi connectivity index (χ1v) is 18.8. The van der Waals surface area contributed by atoms with E-state index >= 15 is 0 Å². The summed E-state index contributed by atoms with van der Waals surface area (Å²) in [5, 5.41) is 96.5. The van der Waals surface area contributed by atoms with E-state index in [1.807, 2.05) is 0 Å². The Morgan fingerprint density at radius 3 is 1.40 bits per heavy atom. The van der Waals surface area contributed by atoms with Crippen LogP contribution in [0.25, 0.3) is 0 Å². The second-order valence-corrected chi connectivity index (χ2v) is 13.4. The fourth-order valence-corrected chi connectivity index (χ4v) is 5.80. The molecule has 0 radical (unpaired) electrons. The zero-order chi connectivity index (χ0) is 40.2. The van der Waals surface area contributed by atoms with Crippen molar-refractivity contribution < 1.29 is 93.8 Å². The van der Waals surface area contributed by atoms with E-state index in [2.05, 4.69) is 0 Å². The van der Waals surface area contributed by atoms with Crippen LogP contribution in [0.1, 0.15) is 68.1 Å². The van der Waals surface area contributed by atoms with Crippen molar-refractivity contribution in [2.24, 2.45) is 0 Å². The first kappa shape index (κ1) is 47.1. The predicted molar refractivity (Wildman–Crippen MR) is 188 cm³/mol. The molecule has 2 saturated heterocycles. The SMILES string of the molecule is O=Cc1cc(OCCCCCOCC(O)O)c(OCCCCCOC2OC(CO)C(O)C(O)C2O)c(OCCCCCOC2OC(CO)C(O)C(O)C2O)c1. The van der Waals surface area contributed by atoms with Crippen molar-refractivity contribution >= 4 is 6.29 Å². The van der Waals surface area contributed by atoms with E-state index in [9.17, 15) is 45.6 Å². The van der Waals surface area contributed by atoms with Crippen LogP contribution >= 0.6 is 0 Å². The topological polar surface area (TPSA) is 293 Å². The number of hydrogen-bond donors (Lipinski definition) is 10. The highest BCUT2D eigenvalue weighted by Crippen LogP contribution is 2.39. The summed E-state index contributed by atoms with van der Waals surface area (Å²) in [5.41, 5.74) is 0.312. The van der Waals surface area contributed by atoms with E-state index in [4.69, 9.17) is 48.1 Å². The Morgan fingerprint density at radius 2 is 0.982 bits per heavy atom. The number of carbonyl (C=O) groups excluding carboxylic acids is 1. The Kier molecular flexibility index (Phi) is 22.1. The average Bonchev–Trinajstić information content (AvgIpc) is 3.18. The number of rotatable bonds is 28. The van der Waals surface area contributed by atoms with E-state index < -0.39 is 80.9 Å². The molecule has 318 valence electrons. The molecule has 2 aliphatic rings. The largest absolute Gasteiger partial charge is 0.490 e. The maximum Gasteiger partial charge on any atom is 0.203 e. The molecule has 10 unspecified atom stereocenters. The molecule has 10 atom stereocenters. The van der Waals surface area contributed by atoms with Gasteiger partial charge in [0.05, 0.1) is 39.6 Å². The van der Waals surface area contributed by atoms with Crippen LogP contribution in [0.2, 0.25) is 0 Å². The van der Waals surface area contributed by atoms with E-state index in [-0.39, 0.29) is 33.0 Å². The molecular formula is C36H60O19. The van der Waals surface area contributed by atoms with Crippen LogP contribution in [0.15, 0.2) is 12.1 Å². The number of unbranched alkanes of at least 4 members (excludes halogenated alkanes) is 6. The minimum Gasteiger partial charge on any atom is -0.490 e. The second kappa shape index (κ2) is 25.8. The third-order valence-electron chi connectivity index (χ3n) is 8.98. The molecule has 2 heterocycles. The van der Waals surface area contributed by atoms with Crippen molar-refractivity contribution in [1.82, 2.24) is 0 Å². The minimum absolute atomic E-state index is 0.165. The Morgan fingerprint density at radius 1 is 0.564 bits per heavy atom. The van der Waals surface area contributed by atoms with Crippen LogP contribution in [-0.2, 0) is 23.7 Å². The Hall–Kier alpha value is -2.31. The number of aliphatic hydroxyl groups excluding tert-OH is 9. The molecule has 19 heteroatoms. The van der Waals surface area contributed by atoms with Crippen molar-refractivity contribution in [3.63, 3.8) is 0 Å². The lowest BCUT2D eigenvalue weighted by Crippen LogP contribution is -2.59. The van der Waals surface area contributed by atoms with Crippen LogP contribution in [0, 0.1) is 0 Å². The lowest BCUT2D eigenvalue weighted by Gasteiger charge is -2.39. The smallest absolute Gasteiger partial charge is 0.203 e. The Balaban J connectivity index is 1.49. The number of carbonyl (C=O) groups is 1. The summed E-state index contributed by atoms with van der Waals surface area (Å²) in [6.07, 6.45) is -8.79. The van der Waals surface area contributed by atoms with E-state index in [1.165, 1.54) is 0 Å². The standard InChI is InChI=1S/C36H60O19/c37-18-22-16-23(49-11-5-1-4-10-48-21-27(40)41)34(51-13-7-3-9-15-53-36-33(47)31(45)29(43)26(20-39)55-36)24(17-22)50-12-6-2-8-14-52-35-32(46)30(44)28(42)25(19-38)54-35/h16-18,25-33,35-36,38-47H,1-15,19-21H2. The fraction of sp³-hybridized carbons (Fsp3) is 0.806. The molecule has 1 aromatic rings. The number of ether oxygens (including phenoxy) is 8. The molecule has 0 saturated carbocycles. The summed E-state index contributed by atoms with van der Waals surface area (Å²) in [7, 11) is 0. The zero-order valence-corrected chi connectivity index (χ0v) is 31.0. The van der Waals surface area contributed by atoms with Gasteiger partial charge in [0.15, 0.2) is 30.4 Å². The molecule has 10 N–H and O–H groups in total. The van der Waals surface area contributed by atoms with Gasteiger partial charge >= 0.3 is 0 Å². The molecule has 2 fully saturated rings. The monoisotopic (exact) mass is 796 g/mol. The molecule has 0 amide bonds. The summed E-state index contributed by atoms with van der Waals surface area (Å²) >= 11 is 0. The number of aldehydes is 1. The predicted octanol–water partition coefficient (Wildman–Crippen LogP) is -1.89. The Labute approximate surface area is 319 Å². The molecule has 0 spiro atoms. The van der Waals surface area contributed by atoms with Gasteiger partial charge in [0.2, 0.25) is 5.75 Å². The van der Waals surface area contributed by atoms with Crippen molar-refractivity contribution in [2.75, 3.05) is 59.5 Å². The summed E-state index contributed by atoms with van der Waals surface area (Å²) in [5.74, 6) is 0.937. The van der Waals surface area contributed by atoms with Crippen molar-refractivity contribution in [3.05, 3.63) is 17.7 Å². The minimum atomic E-state index is -1.53. The zero-order valence-electron chi connectivity index (χ0n) is 31.0. The Bertz CT molecular complexity index is 1190. The van der Waals surface area contributed by atoms with Gasteiger partial charge in [-0.1, -0.05) is 0 Å². The molecular weight excluding hydrogens is 736 g/mol. The van der Waals surface area contributed by atoms with E-state index in [0.29, 0.717) is 93.7 Å². The van der Waals surface area contributed by atoms with Crippen LogP contribution in [0.3, 0.4) is 0 Å². The van der Waals surface area contributed by atoms with Gasteiger partial charge in [-0.2, -0.15) is 0 Å². The highest BCUT2D eigenvalue weighted by Gasteiger charge is 2.45. The molecule has 2 aliphatic heterocycles. The molecule has 55 heavy (non-hydrogen) atoms. The molecule has 3 rings (SSSR count). The summed E-state index contributed by atoms with van der Waals surface area (Å²) in [6.45, 7) is 0.207. The van der Waals surface area contributed by atoms with Crippen LogP contribution in [0.4, 0.5) is 0 Å². The second-order valence-electron chi connectivity index (χ2n) is 13.4. The van der Waals surface area contributed by atoms with Crippen molar-refractivity contribution in [2.45, 2.75) is 125 Å². The first-order valence-electron chi connectivity index (χ1n) is 18.8. The third-order valence-corrected chi connectivity index (χ3v) is 8.98. The van der Waals surface area contributed by atoms with Gasteiger partial charge < -0.3 is 89.0 Å². The maximum atomic E-state index is 11.8. The van der Waals surface area contributed by atoms with E-state index in [1.54, 1.807) is 12.1 Å². The van der Waals surface area contributed by atoms with Crippen molar-refractivity contribution in [1.29, 1.82) is 0 Å². The summed E-state index contributed by atoms with van der Waals surface area (Å²) in [4.78, 5) is 11.8. The number of benzene rings is 1. The van der Waals surface area contributed by atoms with Crippen LogP contribution in [-0.4, -0.2) is 185 Å². The summed E-state index contributed by atoms with van der Waals surface area (Å²) in [6, 6.07) is 3.12. The molecule has 1 aromatic carbocycles. The van der Waals surface area contributed by atoms with Gasteiger partial charge in [-0.05, 0) is 69.9 Å². The molecule has 0 aromatic heterocycles. The quantitative estimate of drug-likeness (QED) is 0.0252. The normalized spacial score (nSPS) is 28.3. The lowest BCUT2D eigenvalue weighted by atomic mass is 9.99. The first-order chi connectivity index (χ1) is 26.5. The third kappa shape index (κ3) is 15.5. The van der Waals surface area contributed by atoms with Gasteiger partial charge in [-0.15, -0.1) is 0 Å². The van der Waals surface area contributed by atoms with Gasteiger partial charge in [-0.3, -0.25) is 4.79 Å². The van der Waals surface area contributed by atoms with Crippen molar-refractivity contribution in [3.8, 4) is 17.2 Å². The van der Waals surface area contributed by atoms with Gasteiger partial charge in [0.1, 0.15) is 55.1 Å². The molecule has 0 bridgehead atoms. The average molecular weight is 797 g/mol. The summed E-state index contributed by atoms with van der Waals surface area (Å²) < 4.78 is 45.2. The lowest BCUT2D eigenvalue weighted by molar-refractivity contribution is -0.301. The molecule has 19 nitrogen and oxygen atoms in total. The number of hydrogen-bond acceptors (Lipinski definition) is 19. The number of aliphatic hydroxyl groups is 10. The highest BCUT2D eigenvalue weighted by atomic mass is 16.7. The maximum absolute atomic E-state index is 11.8. The van der Waals surface area contributed by atoms with Crippen LogP contribution in [0.5, 0.6) is 17.2 Å². The highest BCUT2D eigenvalue weighted by molar-refractivity contribution is 5.78.